The largest absolute Gasteiger partial charge is 0.228 e. The smallest absolute Gasteiger partial charge is 0.160 e. The van der Waals surface area contributed by atoms with Gasteiger partial charge in [-0.05, 0) is 36.6 Å². The highest BCUT2D eigenvalue weighted by Crippen LogP contribution is 2.29. The summed E-state index contributed by atoms with van der Waals surface area (Å²) in [6.07, 6.45) is 8.82. The van der Waals surface area contributed by atoms with Gasteiger partial charge in [0.2, 0.25) is 0 Å². The van der Waals surface area contributed by atoms with Crippen molar-refractivity contribution in [3.8, 4) is 11.4 Å². The van der Waals surface area contributed by atoms with E-state index in [1.807, 2.05) is 36.4 Å². The van der Waals surface area contributed by atoms with Crippen LogP contribution < -0.4 is 0 Å². The number of nitrogens with zero attached hydrogens (tertiary/aromatic N) is 2. The lowest BCUT2D eigenvalue weighted by molar-refractivity contribution is 1.04. The van der Waals surface area contributed by atoms with Crippen molar-refractivity contribution in [2.45, 2.75) is 12.8 Å². The van der Waals surface area contributed by atoms with E-state index in [-0.39, 0.29) is 0 Å². The van der Waals surface area contributed by atoms with Gasteiger partial charge in [-0.25, -0.2) is 9.97 Å². The Morgan fingerprint density at radius 3 is 2.48 bits per heavy atom. The molecule has 23 heavy (non-hydrogen) atoms. The van der Waals surface area contributed by atoms with Crippen LogP contribution >= 0.6 is 15.9 Å². The van der Waals surface area contributed by atoms with Crippen LogP contribution in [0.1, 0.15) is 18.5 Å². The minimum Gasteiger partial charge on any atom is -0.228 e. The van der Waals surface area contributed by atoms with Crippen LogP contribution in [0.5, 0.6) is 0 Å². The first-order valence-corrected chi connectivity index (χ1v) is 8.50. The quantitative estimate of drug-likeness (QED) is 0.576. The molecule has 1 aromatic heterocycles. The molecule has 3 aromatic rings. The summed E-state index contributed by atoms with van der Waals surface area (Å²) in [7, 11) is 0. The van der Waals surface area contributed by atoms with Crippen LogP contribution in [0.15, 0.2) is 71.2 Å². The van der Waals surface area contributed by atoms with Crippen LogP contribution in [0.3, 0.4) is 0 Å². The van der Waals surface area contributed by atoms with Gasteiger partial charge in [-0.1, -0.05) is 64.5 Å². The zero-order valence-corrected chi connectivity index (χ0v) is 14.1. The highest BCUT2D eigenvalue weighted by molar-refractivity contribution is 9.10. The van der Waals surface area contributed by atoms with Crippen LogP contribution in [-0.2, 0) is 0 Å². The van der Waals surface area contributed by atoms with Crippen molar-refractivity contribution in [3.05, 3.63) is 76.9 Å². The Balaban J connectivity index is 1.95. The second-order valence-corrected chi connectivity index (χ2v) is 6.47. The van der Waals surface area contributed by atoms with Gasteiger partial charge in [0.05, 0.1) is 11.2 Å². The normalized spacial score (nSPS) is 14.0. The molecule has 0 amide bonds. The lowest BCUT2D eigenvalue weighted by Gasteiger charge is -2.12. The van der Waals surface area contributed by atoms with Crippen molar-refractivity contribution in [3.63, 3.8) is 0 Å². The Morgan fingerprint density at radius 2 is 1.70 bits per heavy atom. The van der Waals surface area contributed by atoms with Gasteiger partial charge in [-0.15, -0.1) is 0 Å². The summed E-state index contributed by atoms with van der Waals surface area (Å²) in [5, 5.41) is 1.10. The molecule has 0 radical (unpaired) electrons. The molecule has 0 atom stereocenters. The third-order valence-corrected chi connectivity index (χ3v) is 4.50. The van der Waals surface area contributed by atoms with Crippen LogP contribution in [0.25, 0.3) is 27.9 Å². The van der Waals surface area contributed by atoms with Gasteiger partial charge < -0.3 is 0 Å². The summed E-state index contributed by atoms with van der Waals surface area (Å²) in [6.45, 7) is 0. The molecule has 0 saturated carbocycles. The Hall–Kier alpha value is -2.26. The predicted molar refractivity (Wildman–Crippen MR) is 99.0 cm³/mol. The van der Waals surface area contributed by atoms with Gasteiger partial charge in [-0.3, -0.25) is 0 Å². The van der Waals surface area contributed by atoms with Gasteiger partial charge in [-0.2, -0.15) is 0 Å². The zero-order chi connectivity index (χ0) is 15.6. The Bertz CT molecular complexity index is 924. The fraction of sp³-hybridized carbons (Fsp3) is 0.100. The average Bonchev–Trinajstić information content (AvgIpc) is 2.62. The third kappa shape index (κ3) is 2.84. The molecule has 0 bridgehead atoms. The summed E-state index contributed by atoms with van der Waals surface area (Å²) in [4.78, 5) is 9.63. The van der Waals surface area contributed by atoms with E-state index < -0.39 is 0 Å². The van der Waals surface area contributed by atoms with E-state index >= 15 is 0 Å². The lowest BCUT2D eigenvalue weighted by Crippen LogP contribution is -1.98. The minimum absolute atomic E-state index is 0.770. The van der Waals surface area contributed by atoms with Crippen LogP contribution in [0, 0.1) is 0 Å². The number of rotatable bonds is 2. The topological polar surface area (TPSA) is 25.8 Å². The van der Waals surface area contributed by atoms with E-state index in [0.29, 0.717) is 0 Å². The first-order valence-electron chi connectivity index (χ1n) is 7.71. The van der Waals surface area contributed by atoms with Crippen LogP contribution in [0.4, 0.5) is 0 Å². The van der Waals surface area contributed by atoms with E-state index in [4.69, 9.17) is 9.97 Å². The SMILES string of the molecule is Brc1ccc(-c2nc(C3=CCCC=C3)c3ccccc3n2)cc1. The molecule has 112 valence electrons. The molecule has 0 N–H and O–H groups in total. The molecule has 0 fully saturated rings. The fourth-order valence-electron chi connectivity index (χ4n) is 2.81. The highest BCUT2D eigenvalue weighted by Gasteiger charge is 2.12. The second-order valence-electron chi connectivity index (χ2n) is 5.56. The molecular weight excluding hydrogens is 348 g/mol. The molecule has 1 aliphatic rings. The number of hydrogen-bond acceptors (Lipinski definition) is 2. The van der Waals surface area contributed by atoms with Crippen molar-refractivity contribution in [1.82, 2.24) is 9.97 Å². The number of fused-ring (bicyclic) bond motifs is 1. The summed E-state index contributed by atoms with van der Waals surface area (Å²) >= 11 is 3.48. The van der Waals surface area contributed by atoms with E-state index in [1.54, 1.807) is 0 Å². The molecule has 0 aliphatic heterocycles. The number of aromatic nitrogens is 2. The number of hydrogen-bond donors (Lipinski definition) is 0. The van der Waals surface area contributed by atoms with Crippen molar-refractivity contribution >= 4 is 32.4 Å². The number of allylic oxidation sites excluding steroid dienone is 4. The van der Waals surface area contributed by atoms with E-state index in [2.05, 4.69) is 46.3 Å². The van der Waals surface area contributed by atoms with Crippen molar-refractivity contribution in [2.24, 2.45) is 0 Å². The number of benzene rings is 2. The summed E-state index contributed by atoms with van der Waals surface area (Å²) in [6, 6.07) is 16.3. The third-order valence-electron chi connectivity index (χ3n) is 3.97. The summed E-state index contributed by atoms with van der Waals surface area (Å²) in [5.41, 5.74) is 4.22. The van der Waals surface area contributed by atoms with Crippen molar-refractivity contribution in [1.29, 1.82) is 0 Å². The average molecular weight is 363 g/mol. The van der Waals surface area contributed by atoms with Gasteiger partial charge in [0.15, 0.2) is 5.82 Å². The van der Waals surface area contributed by atoms with Gasteiger partial charge in [0.1, 0.15) is 0 Å². The molecule has 1 aliphatic carbocycles. The minimum atomic E-state index is 0.770. The van der Waals surface area contributed by atoms with Gasteiger partial charge >= 0.3 is 0 Å². The molecule has 4 rings (SSSR count). The molecule has 0 saturated heterocycles. The maximum Gasteiger partial charge on any atom is 0.160 e. The molecule has 0 spiro atoms. The van der Waals surface area contributed by atoms with Crippen LogP contribution in [-0.4, -0.2) is 9.97 Å². The maximum absolute atomic E-state index is 4.88. The molecular formula is C20H15BrN2. The fourth-order valence-corrected chi connectivity index (χ4v) is 3.08. The molecule has 2 nitrogen and oxygen atoms in total. The van der Waals surface area contributed by atoms with Crippen LogP contribution in [0.2, 0.25) is 0 Å². The van der Waals surface area contributed by atoms with E-state index in [0.717, 1.165) is 45.3 Å². The van der Waals surface area contributed by atoms with Gasteiger partial charge in [0.25, 0.3) is 0 Å². The zero-order valence-electron chi connectivity index (χ0n) is 12.5. The van der Waals surface area contributed by atoms with E-state index in [1.165, 1.54) is 5.57 Å². The van der Waals surface area contributed by atoms with Crippen molar-refractivity contribution in [2.75, 3.05) is 0 Å². The molecule has 1 heterocycles. The predicted octanol–water partition coefficient (Wildman–Crippen LogP) is 5.79. The molecule has 0 unspecified atom stereocenters. The number of para-hydroxylation sites is 1. The number of halogens is 1. The molecule has 2 aromatic carbocycles. The lowest BCUT2D eigenvalue weighted by atomic mass is 10.0. The first kappa shape index (κ1) is 14.3. The standard InChI is InChI=1S/C20H15BrN2/c21-16-12-10-15(11-13-16)20-22-18-9-5-4-8-17(18)19(23-20)14-6-2-1-3-7-14/h2,4-13H,1,3H2. The Kier molecular flexibility index (Phi) is 3.80. The Morgan fingerprint density at radius 1 is 0.870 bits per heavy atom. The highest BCUT2D eigenvalue weighted by atomic mass is 79.9. The monoisotopic (exact) mass is 362 g/mol. The summed E-state index contributed by atoms with van der Waals surface area (Å²) < 4.78 is 1.06. The van der Waals surface area contributed by atoms with E-state index in [9.17, 15) is 0 Å². The van der Waals surface area contributed by atoms with Crippen molar-refractivity contribution < 1.29 is 0 Å². The second kappa shape index (κ2) is 6.09. The molecule has 3 heteroatoms. The Labute approximate surface area is 143 Å². The maximum atomic E-state index is 4.88. The summed E-state index contributed by atoms with van der Waals surface area (Å²) in [5.74, 6) is 0.770. The first-order chi connectivity index (χ1) is 11.3. The van der Waals surface area contributed by atoms with Gasteiger partial charge in [0, 0.05) is 15.4 Å².